The predicted octanol–water partition coefficient (Wildman–Crippen LogP) is 2.56. The Hall–Kier alpha value is -2.28. The number of carboxylic acid groups (broad SMARTS) is 1. The van der Waals surface area contributed by atoms with E-state index in [0.29, 0.717) is 36.4 Å². The number of aliphatic carboxylic acids is 1. The summed E-state index contributed by atoms with van der Waals surface area (Å²) in [6.45, 7) is 0.427. The summed E-state index contributed by atoms with van der Waals surface area (Å²) >= 11 is 1.28. The summed E-state index contributed by atoms with van der Waals surface area (Å²) in [7, 11) is 0. The Bertz CT molecular complexity index is 746. The standard InChI is InChI=1S/C16H15FN2O3S/c17-11-5-2-1-4-10(11)8-14-18-12(9-23-14)15(20)19-7-3-6-13(19)16(21)22/h1-2,4-5,9,13H,3,6-8H2,(H,21,22). The van der Waals surface area contributed by atoms with Crippen molar-refractivity contribution in [3.8, 4) is 0 Å². The van der Waals surface area contributed by atoms with Gasteiger partial charge in [0.25, 0.3) is 5.91 Å². The second kappa shape index (κ2) is 6.45. The minimum Gasteiger partial charge on any atom is -0.480 e. The van der Waals surface area contributed by atoms with E-state index in [1.807, 2.05) is 0 Å². The van der Waals surface area contributed by atoms with Gasteiger partial charge in [-0.05, 0) is 24.5 Å². The number of carboxylic acids is 1. The molecule has 7 heteroatoms. The number of hydrogen-bond acceptors (Lipinski definition) is 4. The van der Waals surface area contributed by atoms with Gasteiger partial charge >= 0.3 is 5.97 Å². The number of thiazole rings is 1. The fourth-order valence-electron chi connectivity index (χ4n) is 2.71. The SMILES string of the molecule is O=C(O)C1CCCN1C(=O)c1csc(Cc2ccccc2F)n1. The third-order valence-corrected chi connectivity index (χ3v) is 4.72. The normalized spacial score (nSPS) is 17.4. The molecule has 0 saturated carbocycles. The van der Waals surface area contributed by atoms with Gasteiger partial charge in [-0.3, -0.25) is 4.79 Å². The second-order valence-electron chi connectivity index (χ2n) is 5.39. The number of hydrogen-bond donors (Lipinski definition) is 1. The molecule has 0 spiro atoms. The Balaban J connectivity index is 1.75. The molecular formula is C16H15FN2O3S. The predicted molar refractivity (Wildman–Crippen MR) is 83.0 cm³/mol. The molecule has 120 valence electrons. The molecule has 1 fully saturated rings. The second-order valence-corrected chi connectivity index (χ2v) is 6.33. The van der Waals surface area contributed by atoms with Gasteiger partial charge in [0.2, 0.25) is 0 Å². The van der Waals surface area contributed by atoms with Crippen LogP contribution in [0.3, 0.4) is 0 Å². The quantitative estimate of drug-likeness (QED) is 0.933. The Kier molecular flexibility index (Phi) is 4.38. The number of benzene rings is 1. The van der Waals surface area contributed by atoms with Gasteiger partial charge in [-0.15, -0.1) is 11.3 Å². The lowest BCUT2D eigenvalue weighted by Gasteiger charge is -2.20. The van der Waals surface area contributed by atoms with E-state index in [0.717, 1.165) is 0 Å². The Morgan fingerprint density at radius 1 is 1.39 bits per heavy atom. The van der Waals surface area contributed by atoms with Gasteiger partial charge < -0.3 is 10.0 Å². The minimum atomic E-state index is -0.988. The van der Waals surface area contributed by atoms with Crippen molar-refractivity contribution in [1.82, 2.24) is 9.88 Å². The molecule has 2 aromatic rings. The number of carbonyl (C=O) groups excluding carboxylic acids is 1. The molecule has 1 atom stereocenters. The van der Waals surface area contributed by atoms with Crippen molar-refractivity contribution in [3.05, 3.63) is 51.7 Å². The maximum Gasteiger partial charge on any atom is 0.326 e. The summed E-state index contributed by atoms with van der Waals surface area (Å²) in [5, 5.41) is 11.4. The molecule has 1 aromatic heterocycles. The average molecular weight is 334 g/mol. The first-order valence-electron chi connectivity index (χ1n) is 7.28. The van der Waals surface area contributed by atoms with E-state index in [-0.39, 0.29) is 17.4 Å². The molecule has 0 bridgehead atoms. The maximum absolute atomic E-state index is 13.7. The van der Waals surface area contributed by atoms with Gasteiger partial charge in [0.05, 0.1) is 5.01 Å². The van der Waals surface area contributed by atoms with Gasteiger partial charge in [0, 0.05) is 18.3 Å². The monoisotopic (exact) mass is 334 g/mol. The first kappa shape index (κ1) is 15.6. The van der Waals surface area contributed by atoms with E-state index >= 15 is 0 Å². The minimum absolute atomic E-state index is 0.231. The summed E-state index contributed by atoms with van der Waals surface area (Å²) < 4.78 is 13.7. The molecule has 1 aliphatic rings. The maximum atomic E-state index is 13.7. The van der Waals surface area contributed by atoms with Crippen LogP contribution < -0.4 is 0 Å². The molecule has 1 unspecified atom stereocenters. The zero-order valence-corrected chi connectivity index (χ0v) is 13.1. The lowest BCUT2D eigenvalue weighted by molar-refractivity contribution is -0.141. The zero-order chi connectivity index (χ0) is 16.4. The van der Waals surface area contributed by atoms with E-state index in [1.165, 1.54) is 22.3 Å². The van der Waals surface area contributed by atoms with Crippen LogP contribution in [0.4, 0.5) is 4.39 Å². The van der Waals surface area contributed by atoms with Crippen LogP contribution in [0.1, 0.15) is 33.9 Å². The first-order chi connectivity index (χ1) is 11.1. The summed E-state index contributed by atoms with van der Waals surface area (Å²) in [6, 6.07) is 5.66. The molecule has 1 amide bonds. The number of halogens is 1. The largest absolute Gasteiger partial charge is 0.480 e. The fraction of sp³-hybridized carbons (Fsp3) is 0.312. The molecule has 1 aromatic carbocycles. The van der Waals surface area contributed by atoms with Crippen molar-refractivity contribution in [2.45, 2.75) is 25.3 Å². The number of likely N-dealkylation sites (tertiary alicyclic amines) is 1. The molecule has 1 saturated heterocycles. The Morgan fingerprint density at radius 2 is 2.17 bits per heavy atom. The molecule has 0 radical (unpaired) electrons. The highest BCUT2D eigenvalue weighted by Crippen LogP contribution is 2.22. The topological polar surface area (TPSA) is 70.5 Å². The zero-order valence-electron chi connectivity index (χ0n) is 12.2. The smallest absolute Gasteiger partial charge is 0.326 e. The van der Waals surface area contributed by atoms with Gasteiger partial charge in [-0.2, -0.15) is 0 Å². The number of nitrogens with zero attached hydrogens (tertiary/aromatic N) is 2. The first-order valence-corrected chi connectivity index (χ1v) is 8.16. The van der Waals surface area contributed by atoms with Crippen molar-refractivity contribution in [2.75, 3.05) is 6.54 Å². The van der Waals surface area contributed by atoms with Gasteiger partial charge in [-0.1, -0.05) is 18.2 Å². The molecule has 23 heavy (non-hydrogen) atoms. The highest BCUT2D eigenvalue weighted by Gasteiger charge is 2.35. The van der Waals surface area contributed by atoms with Crippen LogP contribution >= 0.6 is 11.3 Å². The fourth-order valence-corrected chi connectivity index (χ4v) is 3.50. The third-order valence-electron chi connectivity index (χ3n) is 3.87. The van der Waals surface area contributed by atoms with E-state index < -0.39 is 12.0 Å². The van der Waals surface area contributed by atoms with Gasteiger partial charge in [-0.25, -0.2) is 14.2 Å². The number of rotatable bonds is 4. The van der Waals surface area contributed by atoms with Crippen molar-refractivity contribution in [3.63, 3.8) is 0 Å². The third kappa shape index (κ3) is 3.24. The van der Waals surface area contributed by atoms with Crippen molar-refractivity contribution in [1.29, 1.82) is 0 Å². The lowest BCUT2D eigenvalue weighted by atomic mass is 10.1. The van der Waals surface area contributed by atoms with E-state index in [2.05, 4.69) is 4.98 Å². The number of amides is 1. The summed E-state index contributed by atoms with van der Waals surface area (Å²) in [5.41, 5.74) is 0.750. The van der Waals surface area contributed by atoms with Crippen molar-refractivity contribution < 1.29 is 19.1 Å². The van der Waals surface area contributed by atoms with Crippen molar-refractivity contribution in [2.24, 2.45) is 0 Å². The summed E-state index contributed by atoms with van der Waals surface area (Å²) in [6.07, 6.45) is 1.45. The van der Waals surface area contributed by atoms with Crippen LogP contribution in [0.15, 0.2) is 29.6 Å². The van der Waals surface area contributed by atoms with Crippen LogP contribution in [0.5, 0.6) is 0 Å². The number of carbonyl (C=O) groups is 2. The van der Waals surface area contributed by atoms with Crippen LogP contribution in [0.25, 0.3) is 0 Å². The van der Waals surface area contributed by atoms with Crippen LogP contribution in [0, 0.1) is 5.82 Å². The molecule has 1 aliphatic heterocycles. The van der Waals surface area contributed by atoms with Crippen LogP contribution in [0.2, 0.25) is 0 Å². The lowest BCUT2D eigenvalue weighted by Crippen LogP contribution is -2.40. The molecule has 2 heterocycles. The molecule has 1 N–H and O–H groups in total. The van der Waals surface area contributed by atoms with E-state index in [9.17, 15) is 14.0 Å². The van der Waals surface area contributed by atoms with Gasteiger partial charge in [0.1, 0.15) is 17.6 Å². The number of aromatic nitrogens is 1. The molecular weight excluding hydrogens is 319 g/mol. The van der Waals surface area contributed by atoms with E-state index in [4.69, 9.17) is 5.11 Å². The van der Waals surface area contributed by atoms with Crippen LogP contribution in [-0.2, 0) is 11.2 Å². The molecule has 0 aliphatic carbocycles. The van der Waals surface area contributed by atoms with Crippen molar-refractivity contribution >= 4 is 23.2 Å². The van der Waals surface area contributed by atoms with E-state index in [1.54, 1.807) is 23.6 Å². The van der Waals surface area contributed by atoms with Crippen LogP contribution in [-0.4, -0.2) is 39.5 Å². The average Bonchev–Trinajstić information content (AvgIpc) is 3.18. The van der Waals surface area contributed by atoms with Gasteiger partial charge in [0.15, 0.2) is 0 Å². The molecule has 3 rings (SSSR count). The summed E-state index contributed by atoms with van der Waals surface area (Å²) in [5.74, 6) is -1.66. The Labute approximate surface area is 136 Å². The highest BCUT2D eigenvalue weighted by atomic mass is 32.1. The molecule has 5 nitrogen and oxygen atoms in total. The highest BCUT2D eigenvalue weighted by molar-refractivity contribution is 7.09. The summed E-state index contributed by atoms with van der Waals surface area (Å²) in [4.78, 5) is 29.2. The Morgan fingerprint density at radius 3 is 2.91 bits per heavy atom.